The second-order valence-corrected chi connectivity index (χ2v) is 36.6. The van der Waals surface area contributed by atoms with Crippen LogP contribution in [-0.2, 0) is 0 Å². The second kappa shape index (κ2) is 32.0. The van der Waals surface area contributed by atoms with Crippen LogP contribution in [0, 0.1) is 0 Å². The van der Waals surface area contributed by atoms with E-state index in [1.54, 1.807) is 0 Å². The summed E-state index contributed by atoms with van der Waals surface area (Å²) in [6, 6.07) is 180. The van der Waals surface area contributed by atoms with Crippen molar-refractivity contribution in [1.29, 1.82) is 0 Å². The van der Waals surface area contributed by atoms with Gasteiger partial charge in [-0.3, -0.25) is 0 Å². The zero-order valence-corrected chi connectivity index (χ0v) is 72.6. The van der Waals surface area contributed by atoms with Gasteiger partial charge in [-0.15, -0.1) is 22.7 Å². The van der Waals surface area contributed by atoms with Gasteiger partial charge in [-0.05, 0) is 281 Å². The molecule has 0 bridgehead atoms. The maximum absolute atomic E-state index is 2.42. The van der Waals surface area contributed by atoms with Gasteiger partial charge in [-0.1, -0.05) is 413 Å². The fourth-order valence-electron chi connectivity index (χ4n) is 20.2. The molecule has 0 nitrogen and oxygen atoms in total. The Morgan fingerprint density at radius 1 is 0.100 bits per heavy atom. The van der Waals surface area contributed by atoms with E-state index in [1.807, 2.05) is 22.7 Å². The highest BCUT2D eigenvalue weighted by Gasteiger charge is 2.21. The first kappa shape index (κ1) is 76.3. The van der Waals surface area contributed by atoms with Crippen molar-refractivity contribution in [3.8, 4) is 134 Å². The molecule has 0 atom stereocenters. The van der Waals surface area contributed by atoms with Crippen molar-refractivity contribution < 1.29 is 0 Å². The molecule has 0 amide bonds. The van der Waals surface area contributed by atoms with E-state index in [1.165, 1.54) is 260 Å². The molecule has 2 heterocycles. The van der Waals surface area contributed by atoms with E-state index in [4.69, 9.17) is 0 Å². The number of fused-ring (bicyclic) bond motifs is 16. The van der Waals surface area contributed by atoms with E-state index in [0.717, 1.165) is 0 Å². The molecule has 26 aromatic rings. The quantitative estimate of drug-likeness (QED) is 0.107. The number of thiophene rings is 2. The van der Waals surface area contributed by atoms with Crippen molar-refractivity contribution >= 4 is 149 Å². The minimum Gasteiger partial charge on any atom is -0.135 e. The number of hydrogen-bond donors (Lipinski definition) is 0. The van der Waals surface area contributed by atoms with Gasteiger partial charge < -0.3 is 0 Å². The Morgan fingerprint density at radius 2 is 0.346 bits per heavy atom. The van der Waals surface area contributed by atoms with Gasteiger partial charge >= 0.3 is 0 Å². The highest BCUT2D eigenvalue weighted by atomic mass is 32.1. The smallest absolute Gasteiger partial charge is 0.0434 e. The van der Waals surface area contributed by atoms with Crippen molar-refractivity contribution in [1.82, 2.24) is 0 Å². The first-order valence-corrected chi connectivity index (χ1v) is 46.4. The topological polar surface area (TPSA) is 0 Å². The summed E-state index contributed by atoms with van der Waals surface area (Å²) >= 11 is 3.79. The molecule has 0 aliphatic carbocycles. The van der Waals surface area contributed by atoms with Crippen LogP contribution in [-0.4, -0.2) is 0 Å². The summed E-state index contributed by atoms with van der Waals surface area (Å²) in [4.78, 5) is 0. The van der Waals surface area contributed by atoms with E-state index < -0.39 is 0 Å². The minimum atomic E-state index is 1.20. The molecule has 24 aromatic carbocycles. The van der Waals surface area contributed by atoms with Gasteiger partial charge in [-0.2, -0.15) is 0 Å². The van der Waals surface area contributed by atoms with Crippen molar-refractivity contribution in [2.45, 2.75) is 0 Å². The highest BCUT2D eigenvalue weighted by molar-refractivity contribution is 7.26. The monoisotopic (exact) mass is 1680 g/mol. The van der Waals surface area contributed by atoms with Crippen molar-refractivity contribution in [2.24, 2.45) is 0 Å². The van der Waals surface area contributed by atoms with E-state index in [9.17, 15) is 0 Å². The van der Waals surface area contributed by atoms with Gasteiger partial charge in [0.05, 0.1) is 0 Å². The lowest BCUT2D eigenvalue weighted by Gasteiger charge is -2.13. The Bertz CT molecular complexity index is 8970. The van der Waals surface area contributed by atoms with Crippen LogP contribution >= 0.6 is 22.7 Å². The van der Waals surface area contributed by atoms with Crippen LogP contribution in [0.1, 0.15) is 0 Å². The molecule has 0 N–H and O–H groups in total. The number of benzene rings is 24. The van der Waals surface area contributed by atoms with Gasteiger partial charge in [0.15, 0.2) is 0 Å². The summed E-state index contributed by atoms with van der Waals surface area (Å²) < 4.78 is 5.20. The Hall–Kier alpha value is -16.2. The largest absolute Gasteiger partial charge is 0.135 e. The number of rotatable bonds is 12. The van der Waals surface area contributed by atoms with Crippen LogP contribution in [0.4, 0.5) is 0 Å². The van der Waals surface area contributed by atoms with Crippen LogP contribution < -0.4 is 0 Å². The van der Waals surface area contributed by atoms with Crippen molar-refractivity contribution in [3.63, 3.8) is 0 Å². The van der Waals surface area contributed by atoms with E-state index in [-0.39, 0.29) is 0 Å². The highest BCUT2D eigenvalue weighted by Crippen LogP contribution is 2.49. The average Bonchev–Trinajstić information content (AvgIpc) is 1.63. The van der Waals surface area contributed by atoms with Gasteiger partial charge in [0.1, 0.15) is 0 Å². The molecule has 0 aliphatic heterocycles. The third kappa shape index (κ3) is 13.8. The normalized spacial score (nSPS) is 11.7. The Kier molecular flexibility index (Phi) is 18.8. The standard InChI is InChI=1S/2C64H40S/c1-4-16-52-43(11-1)14-9-21-54(52)45-27-23-41(24-28-45)49-35-36-63-61(37-49)62-40-51(42-25-29-46(30-26-42)55-22-10-15-44-12-2-5-17-53(44)55)39-60(64(62)65-63)48-33-31-47(32-34-48)59-38-50-13-3-6-18-56(50)57-19-7-8-20-58(57)59;1-3-11-49-35-51(31-25-41(49)9-1)43-17-19-45(20-18-43)53-33-34-63-61(37-53)62-40-55(46-23-21-44(22-24-46)52-32-26-42-10-2-4-12-50(42)36-52)39-60(64(62)65-63)48-29-27-47(28-30-48)59-38-54-13-5-6-14-56(54)57-15-7-8-16-58(57)59/h2*1-40H. The first-order valence-electron chi connectivity index (χ1n) is 44.8. The summed E-state index contributed by atoms with van der Waals surface area (Å²) in [5.74, 6) is 0. The summed E-state index contributed by atoms with van der Waals surface area (Å²) in [6.07, 6.45) is 0. The van der Waals surface area contributed by atoms with Crippen LogP contribution in [0.25, 0.3) is 260 Å². The molecule has 0 spiro atoms. The summed E-state index contributed by atoms with van der Waals surface area (Å²) in [5.41, 5.74) is 29.5. The van der Waals surface area contributed by atoms with Gasteiger partial charge in [0.25, 0.3) is 0 Å². The van der Waals surface area contributed by atoms with Crippen LogP contribution in [0.2, 0.25) is 0 Å². The molecule has 2 heteroatoms. The summed E-state index contributed by atoms with van der Waals surface area (Å²) in [5, 5.41) is 25.5. The fraction of sp³-hybridized carbons (Fsp3) is 0. The molecule has 604 valence electrons. The van der Waals surface area contributed by atoms with Crippen molar-refractivity contribution in [3.05, 3.63) is 485 Å². The van der Waals surface area contributed by atoms with E-state index in [0.29, 0.717) is 0 Å². The lowest BCUT2D eigenvalue weighted by atomic mass is 9.91. The predicted molar refractivity (Wildman–Crippen MR) is 564 cm³/mol. The first-order chi connectivity index (χ1) is 64.4. The second-order valence-electron chi connectivity index (χ2n) is 34.5. The minimum absolute atomic E-state index is 1.20. The Morgan fingerprint density at radius 3 is 0.715 bits per heavy atom. The number of hydrogen-bond acceptors (Lipinski definition) is 2. The molecular weight excluding hydrogens is 1600 g/mol. The van der Waals surface area contributed by atoms with Crippen LogP contribution in [0.3, 0.4) is 0 Å². The third-order valence-electron chi connectivity index (χ3n) is 26.9. The Labute approximate surface area is 762 Å². The van der Waals surface area contributed by atoms with E-state index in [2.05, 4.69) is 485 Å². The van der Waals surface area contributed by atoms with Gasteiger partial charge in [-0.25, -0.2) is 0 Å². The van der Waals surface area contributed by atoms with Gasteiger partial charge in [0, 0.05) is 51.5 Å². The van der Waals surface area contributed by atoms with Crippen LogP contribution in [0.5, 0.6) is 0 Å². The molecule has 2 aromatic heterocycles. The lowest BCUT2D eigenvalue weighted by molar-refractivity contribution is 1.61. The zero-order chi connectivity index (χ0) is 85.7. The van der Waals surface area contributed by atoms with Gasteiger partial charge in [0.2, 0.25) is 0 Å². The maximum Gasteiger partial charge on any atom is 0.0434 e. The van der Waals surface area contributed by atoms with E-state index >= 15 is 0 Å². The molecule has 0 saturated heterocycles. The molecule has 0 fully saturated rings. The lowest BCUT2D eigenvalue weighted by Crippen LogP contribution is -1.87. The maximum atomic E-state index is 2.42. The average molecular weight is 1680 g/mol. The zero-order valence-electron chi connectivity index (χ0n) is 71.0. The molecule has 26 rings (SSSR count). The molecule has 0 saturated carbocycles. The molecule has 0 unspecified atom stereocenters. The third-order valence-corrected chi connectivity index (χ3v) is 29.4. The molecule has 0 aliphatic rings. The molecular formula is C128H80S2. The summed E-state index contributed by atoms with van der Waals surface area (Å²) in [6.45, 7) is 0. The SMILES string of the molecule is c1ccc2c(-c3ccc(-c4ccc5sc6c(-c7ccc(-c8cc9ccccc9c9ccccc89)cc7)cc(-c7ccc(-c8cccc9ccccc89)cc7)cc6c5c4)cc3)cccc2c1.c1ccc2cc(-c3ccc(-c4ccc5sc6c(-c7ccc(-c8cc9ccccc9c9ccccc89)cc7)cc(-c7ccc(-c8ccc9ccccc9c8)cc7)cc6c5c4)cc3)ccc2c1. The van der Waals surface area contributed by atoms with Crippen molar-refractivity contribution in [2.75, 3.05) is 0 Å². The van der Waals surface area contributed by atoms with Crippen LogP contribution in [0.15, 0.2) is 485 Å². The molecule has 130 heavy (non-hydrogen) atoms. The fourth-order valence-corrected chi connectivity index (χ4v) is 22.6. The predicted octanol–water partition coefficient (Wildman–Crippen LogP) is 37.3. The Balaban J connectivity index is 0.000000140. The molecule has 0 radical (unpaired) electrons. The summed E-state index contributed by atoms with van der Waals surface area (Å²) in [7, 11) is 0.